The molecule has 1 heterocycles. The summed E-state index contributed by atoms with van der Waals surface area (Å²) >= 11 is 5.39. The van der Waals surface area contributed by atoms with Gasteiger partial charge in [0.05, 0.1) is 5.69 Å². The maximum Gasteiger partial charge on any atom is 0.127 e. The molecule has 2 aromatic rings. The third-order valence-electron chi connectivity index (χ3n) is 2.76. The van der Waals surface area contributed by atoms with Gasteiger partial charge in [0.1, 0.15) is 4.64 Å². The molecule has 0 atom stereocenters. The third kappa shape index (κ3) is 2.67. The SMILES string of the molecule is CCCc1cc(=S)n(-c2cc(C)cc(C)c2)[nH]1. The number of aromatic nitrogens is 2. The van der Waals surface area contributed by atoms with Crippen LogP contribution in [0.15, 0.2) is 24.3 Å². The van der Waals surface area contributed by atoms with E-state index in [1.165, 1.54) is 16.8 Å². The van der Waals surface area contributed by atoms with E-state index in [0.717, 1.165) is 23.2 Å². The average molecular weight is 246 g/mol. The molecule has 0 aliphatic rings. The van der Waals surface area contributed by atoms with Gasteiger partial charge in [-0.2, -0.15) is 0 Å². The molecule has 17 heavy (non-hydrogen) atoms. The quantitative estimate of drug-likeness (QED) is 0.808. The van der Waals surface area contributed by atoms with Gasteiger partial charge in [-0.1, -0.05) is 31.6 Å². The summed E-state index contributed by atoms with van der Waals surface area (Å²) in [5, 5.41) is 3.37. The van der Waals surface area contributed by atoms with Crippen LogP contribution in [-0.4, -0.2) is 9.78 Å². The second-order valence-electron chi connectivity index (χ2n) is 4.55. The molecule has 1 aromatic carbocycles. The molecule has 0 unspecified atom stereocenters. The highest BCUT2D eigenvalue weighted by Crippen LogP contribution is 2.15. The second kappa shape index (κ2) is 4.88. The summed E-state index contributed by atoms with van der Waals surface area (Å²) in [6.45, 7) is 6.39. The first-order valence-corrected chi connectivity index (χ1v) is 6.40. The molecule has 0 aliphatic heterocycles. The van der Waals surface area contributed by atoms with E-state index in [4.69, 9.17) is 12.2 Å². The van der Waals surface area contributed by atoms with Crippen molar-refractivity contribution in [2.75, 3.05) is 0 Å². The maximum absolute atomic E-state index is 5.39. The van der Waals surface area contributed by atoms with Crippen molar-refractivity contribution in [1.82, 2.24) is 9.78 Å². The Labute approximate surface area is 107 Å². The van der Waals surface area contributed by atoms with Crippen molar-refractivity contribution in [3.8, 4) is 5.69 Å². The summed E-state index contributed by atoms with van der Waals surface area (Å²) in [6, 6.07) is 8.52. The highest BCUT2D eigenvalue weighted by molar-refractivity contribution is 7.71. The van der Waals surface area contributed by atoms with Crippen LogP contribution >= 0.6 is 12.2 Å². The summed E-state index contributed by atoms with van der Waals surface area (Å²) in [6.07, 6.45) is 2.17. The first-order chi connectivity index (χ1) is 8.10. The van der Waals surface area contributed by atoms with Crippen LogP contribution in [0.5, 0.6) is 0 Å². The van der Waals surface area contributed by atoms with Crippen LogP contribution in [0.2, 0.25) is 0 Å². The molecule has 1 aromatic heterocycles. The van der Waals surface area contributed by atoms with Crippen molar-refractivity contribution in [2.45, 2.75) is 33.6 Å². The van der Waals surface area contributed by atoms with E-state index in [9.17, 15) is 0 Å². The molecule has 0 aliphatic carbocycles. The number of hydrogen-bond acceptors (Lipinski definition) is 1. The van der Waals surface area contributed by atoms with Crippen LogP contribution in [0.3, 0.4) is 0 Å². The van der Waals surface area contributed by atoms with E-state index in [2.05, 4.69) is 50.1 Å². The van der Waals surface area contributed by atoms with Crippen LogP contribution in [0.4, 0.5) is 0 Å². The van der Waals surface area contributed by atoms with Gasteiger partial charge in [-0.15, -0.1) is 0 Å². The minimum absolute atomic E-state index is 0.846. The van der Waals surface area contributed by atoms with Gasteiger partial charge in [-0.25, -0.2) is 4.68 Å². The molecule has 3 heteroatoms. The monoisotopic (exact) mass is 246 g/mol. The zero-order valence-electron chi connectivity index (χ0n) is 10.6. The van der Waals surface area contributed by atoms with Crippen molar-refractivity contribution in [3.63, 3.8) is 0 Å². The Hall–Kier alpha value is -1.35. The molecule has 2 nitrogen and oxygen atoms in total. The molecule has 90 valence electrons. The largest absolute Gasteiger partial charge is 0.297 e. The van der Waals surface area contributed by atoms with E-state index < -0.39 is 0 Å². The molecular formula is C14H18N2S. The zero-order chi connectivity index (χ0) is 12.4. The van der Waals surface area contributed by atoms with Crippen LogP contribution in [-0.2, 0) is 6.42 Å². The van der Waals surface area contributed by atoms with Crippen LogP contribution in [0.25, 0.3) is 5.69 Å². The van der Waals surface area contributed by atoms with Gasteiger partial charge in [0, 0.05) is 5.69 Å². The fourth-order valence-corrected chi connectivity index (χ4v) is 2.41. The van der Waals surface area contributed by atoms with Gasteiger partial charge in [-0.3, -0.25) is 5.10 Å². The lowest BCUT2D eigenvalue weighted by Gasteiger charge is -2.06. The van der Waals surface area contributed by atoms with Gasteiger partial charge in [-0.05, 0) is 49.6 Å². The Kier molecular flexibility index (Phi) is 3.48. The van der Waals surface area contributed by atoms with E-state index in [1.807, 2.05) is 4.68 Å². The number of aryl methyl sites for hydroxylation is 3. The van der Waals surface area contributed by atoms with Gasteiger partial charge in [0.25, 0.3) is 0 Å². The van der Waals surface area contributed by atoms with Gasteiger partial charge >= 0.3 is 0 Å². The normalized spacial score (nSPS) is 10.8. The first-order valence-electron chi connectivity index (χ1n) is 6.00. The second-order valence-corrected chi connectivity index (χ2v) is 4.97. The molecule has 0 bridgehead atoms. The van der Waals surface area contributed by atoms with Gasteiger partial charge < -0.3 is 0 Å². The first kappa shape index (κ1) is 12.1. The Bertz CT molecular complexity index is 558. The Morgan fingerprint density at radius 2 is 1.76 bits per heavy atom. The summed E-state index contributed by atoms with van der Waals surface area (Å²) < 4.78 is 2.83. The van der Waals surface area contributed by atoms with E-state index in [1.54, 1.807) is 0 Å². The van der Waals surface area contributed by atoms with Gasteiger partial charge in [0.2, 0.25) is 0 Å². The van der Waals surface area contributed by atoms with E-state index in [-0.39, 0.29) is 0 Å². The number of nitrogens with zero attached hydrogens (tertiary/aromatic N) is 1. The van der Waals surface area contributed by atoms with Crippen molar-refractivity contribution in [1.29, 1.82) is 0 Å². The van der Waals surface area contributed by atoms with E-state index in [0.29, 0.717) is 0 Å². The molecular weight excluding hydrogens is 228 g/mol. The van der Waals surface area contributed by atoms with Crippen molar-refractivity contribution < 1.29 is 0 Å². The number of H-pyrrole nitrogens is 1. The van der Waals surface area contributed by atoms with Crippen LogP contribution < -0.4 is 0 Å². The Morgan fingerprint density at radius 1 is 1.12 bits per heavy atom. The highest BCUT2D eigenvalue weighted by atomic mass is 32.1. The predicted octanol–water partition coefficient (Wildman–Crippen LogP) is 4.10. The summed E-state index contributed by atoms with van der Waals surface area (Å²) in [7, 11) is 0. The lowest BCUT2D eigenvalue weighted by Crippen LogP contribution is -1.98. The Balaban J connectivity index is 2.48. The van der Waals surface area contributed by atoms with Crippen molar-refractivity contribution in [3.05, 3.63) is 45.7 Å². The topological polar surface area (TPSA) is 20.7 Å². The van der Waals surface area contributed by atoms with Crippen LogP contribution in [0, 0.1) is 18.5 Å². The molecule has 0 radical (unpaired) electrons. The Morgan fingerprint density at radius 3 is 2.35 bits per heavy atom. The number of rotatable bonds is 3. The molecule has 0 saturated heterocycles. The summed E-state index contributed by atoms with van der Waals surface area (Å²) in [4.78, 5) is 0. The number of benzene rings is 1. The average Bonchev–Trinajstić information content (AvgIpc) is 2.58. The van der Waals surface area contributed by atoms with Crippen LogP contribution in [0.1, 0.15) is 30.2 Å². The van der Waals surface area contributed by atoms with E-state index >= 15 is 0 Å². The minimum Gasteiger partial charge on any atom is -0.297 e. The standard InChI is InChI=1S/C14H18N2S/c1-4-5-12-9-14(17)16(15-12)13-7-10(2)6-11(3)8-13/h6-9,15H,4-5H2,1-3H3. The van der Waals surface area contributed by atoms with Gasteiger partial charge in [0.15, 0.2) is 0 Å². The number of nitrogens with one attached hydrogen (secondary N) is 1. The molecule has 0 spiro atoms. The summed E-state index contributed by atoms with van der Waals surface area (Å²) in [5.41, 5.74) is 4.84. The minimum atomic E-state index is 0.846. The zero-order valence-corrected chi connectivity index (χ0v) is 11.4. The number of hydrogen-bond donors (Lipinski definition) is 1. The number of aromatic amines is 1. The maximum atomic E-state index is 5.39. The molecule has 1 N–H and O–H groups in total. The van der Waals surface area contributed by atoms with Crippen molar-refractivity contribution >= 4 is 12.2 Å². The third-order valence-corrected chi connectivity index (χ3v) is 3.06. The fourth-order valence-electron chi connectivity index (χ4n) is 2.11. The smallest absolute Gasteiger partial charge is 0.127 e. The summed E-state index contributed by atoms with van der Waals surface area (Å²) in [5.74, 6) is 0. The molecule has 2 rings (SSSR count). The molecule has 0 fully saturated rings. The highest BCUT2D eigenvalue weighted by Gasteiger charge is 2.03. The fraction of sp³-hybridized carbons (Fsp3) is 0.357. The lowest BCUT2D eigenvalue weighted by molar-refractivity contribution is 0.801. The molecule has 0 saturated carbocycles. The molecule has 0 amide bonds. The van der Waals surface area contributed by atoms with Crippen molar-refractivity contribution in [2.24, 2.45) is 0 Å². The predicted molar refractivity (Wildman–Crippen MR) is 74.4 cm³/mol. The lowest BCUT2D eigenvalue weighted by atomic mass is 10.1.